The molecule has 1 saturated heterocycles. The van der Waals surface area contributed by atoms with Crippen molar-refractivity contribution in [1.82, 2.24) is 14.5 Å². The molecule has 2 aliphatic heterocycles. The van der Waals surface area contributed by atoms with Crippen molar-refractivity contribution >= 4 is 5.97 Å². The Morgan fingerprint density at radius 3 is 3.04 bits per heavy atom. The van der Waals surface area contributed by atoms with E-state index in [1.165, 1.54) is 16.8 Å². The Hall–Kier alpha value is -3.30. The van der Waals surface area contributed by atoms with E-state index in [-0.39, 0.29) is 13.0 Å². The summed E-state index contributed by atoms with van der Waals surface area (Å²) in [5.41, 5.74) is 8.10. The molecule has 0 saturated carbocycles. The molecule has 0 unspecified atom stereocenters. The van der Waals surface area contributed by atoms with E-state index in [1.54, 1.807) is 18.1 Å². The van der Waals surface area contributed by atoms with Gasteiger partial charge in [-0.05, 0) is 11.7 Å². The van der Waals surface area contributed by atoms with Crippen LogP contribution in [-0.4, -0.2) is 46.2 Å². The average Bonchev–Trinajstić information content (AvgIpc) is 3.02. The summed E-state index contributed by atoms with van der Waals surface area (Å²) in [5, 5.41) is 3.67. The van der Waals surface area contributed by atoms with Gasteiger partial charge in [0.2, 0.25) is 0 Å². The standard InChI is InChI=1S/C16H18N6O5/c1-21-5-2-3-10(8-21)15(24)26-9-12-11(19-20-17)7-14(27-12)22-6-4-13(23)18-16(22)25/h2,4-6,8,11-12,14H,3,7,9H2,1H3,(H,18,23,25)/t11-,12+,14+/m0/s1. The van der Waals surface area contributed by atoms with Crippen LogP contribution in [0.1, 0.15) is 19.1 Å². The van der Waals surface area contributed by atoms with Gasteiger partial charge in [-0.25, -0.2) is 9.59 Å². The number of rotatable bonds is 5. The van der Waals surface area contributed by atoms with Gasteiger partial charge in [-0.2, -0.15) is 0 Å². The third-order valence-electron chi connectivity index (χ3n) is 4.24. The second-order valence-electron chi connectivity index (χ2n) is 6.16. The number of nitrogens with zero attached hydrogens (tertiary/aromatic N) is 5. The number of aromatic amines is 1. The minimum Gasteiger partial charge on any atom is -0.460 e. The summed E-state index contributed by atoms with van der Waals surface area (Å²) in [6.07, 6.45) is 5.89. The van der Waals surface area contributed by atoms with Crippen LogP contribution in [-0.2, 0) is 14.3 Å². The molecule has 0 spiro atoms. The number of hydrogen-bond donors (Lipinski definition) is 1. The number of nitrogens with one attached hydrogen (secondary N) is 1. The van der Waals surface area contributed by atoms with Gasteiger partial charge >= 0.3 is 11.7 Å². The lowest BCUT2D eigenvalue weighted by atomic mass is 10.1. The summed E-state index contributed by atoms with van der Waals surface area (Å²) in [4.78, 5) is 42.0. The van der Waals surface area contributed by atoms with E-state index in [2.05, 4.69) is 15.0 Å². The smallest absolute Gasteiger partial charge is 0.335 e. The van der Waals surface area contributed by atoms with E-state index < -0.39 is 35.6 Å². The maximum Gasteiger partial charge on any atom is 0.335 e. The average molecular weight is 374 g/mol. The molecular weight excluding hydrogens is 356 g/mol. The van der Waals surface area contributed by atoms with Crippen LogP contribution in [0.4, 0.5) is 0 Å². The van der Waals surface area contributed by atoms with Gasteiger partial charge in [0, 0.05) is 43.3 Å². The maximum absolute atomic E-state index is 12.2. The summed E-state index contributed by atoms with van der Waals surface area (Å²) in [5.74, 6) is -0.487. The Balaban J connectivity index is 1.68. The fraction of sp³-hybridized carbons (Fsp3) is 0.438. The van der Waals surface area contributed by atoms with Gasteiger partial charge in [0.05, 0.1) is 11.6 Å². The van der Waals surface area contributed by atoms with E-state index in [0.29, 0.717) is 12.0 Å². The van der Waals surface area contributed by atoms with Crippen molar-refractivity contribution in [3.63, 3.8) is 0 Å². The zero-order valence-electron chi connectivity index (χ0n) is 14.5. The van der Waals surface area contributed by atoms with E-state index in [0.717, 1.165) is 0 Å². The van der Waals surface area contributed by atoms with Crippen molar-refractivity contribution < 1.29 is 14.3 Å². The Labute approximate surface area is 153 Å². The highest BCUT2D eigenvalue weighted by Crippen LogP contribution is 2.30. The number of aromatic nitrogens is 2. The molecule has 1 N–H and O–H groups in total. The second-order valence-corrected chi connectivity index (χ2v) is 6.16. The lowest BCUT2D eigenvalue weighted by Gasteiger charge is -2.18. The lowest BCUT2D eigenvalue weighted by molar-refractivity contribution is -0.144. The van der Waals surface area contributed by atoms with Crippen molar-refractivity contribution in [2.75, 3.05) is 13.7 Å². The van der Waals surface area contributed by atoms with Crippen LogP contribution in [0, 0.1) is 0 Å². The number of esters is 1. The molecule has 0 amide bonds. The summed E-state index contributed by atoms with van der Waals surface area (Å²) in [7, 11) is 1.80. The third kappa shape index (κ3) is 4.27. The molecule has 1 aromatic rings. The minimum absolute atomic E-state index is 0.123. The molecule has 1 aromatic heterocycles. The molecule has 11 nitrogen and oxygen atoms in total. The predicted octanol–water partition coefficient (Wildman–Crippen LogP) is 0.779. The van der Waals surface area contributed by atoms with Crippen LogP contribution in [0.2, 0.25) is 0 Å². The first-order valence-corrected chi connectivity index (χ1v) is 8.25. The highest BCUT2D eigenvalue weighted by atomic mass is 16.6. The van der Waals surface area contributed by atoms with Crippen LogP contribution >= 0.6 is 0 Å². The molecule has 11 heteroatoms. The van der Waals surface area contributed by atoms with E-state index in [9.17, 15) is 14.4 Å². The monoisotopic (exact) mass is 374 g/mol. The van der Waals surface area contributed by atoms with Crippen molar-refractivity contribution in [2.24, 2.45) is 5.11 Å². The second kappa shape index (κ2) is 7.94. The Kier molecular flexibility index (Phi) is 5.43. The van der Waals surface area contributed by atoms with Crippen LogP contribution in [0.15, 0.2) is 51.0 Å². The first kappa shape index (κ1) is 18.5. The van der Waals surface area contributed by atoms with Crippen LogP contribution < -0.4 is 11.2 Å². The van der Waals surface area contributed by atoms with E-state index in [1.807, 2.05) is 12.3 Å². The van der Waals surface area contributed by atoms with Gasteiger partial charge in [0.1, 0.15) is 18.9 Å². The van der Waals surface area contributed by atoms with Crippen molar-refractivity contribution in [3.05, 3.63) is 67.6 Å². The zero-order valence-corrected chi connectivity index (χ0v) is 14.5. The van der Waals surface area contributed by atoms with Gasteiger partial charge in [-0.3, -0.25) is 14.3 Å². The normalized spacial score (nSPS) is 24.3. The first-order chi connectivity index (χ1) is 13.0. The highest BCUT2D eigenvalue weighted by Gasteiger charge is 2.37. The molecule has 27 heavy (non-hydrogen) atoms. The molecule has 0 aliphatic carbocycles. The zero-order chi connectivity index (χ0) is 19.4. The van der Waals surface area contributed by atoms with Gasteiger partial charge in [0.25, 0.3) is 5.56 Å². The minimum atomic E-state index is -0.739. The molecule has 142 valence electrons. The number of hydrogen-bond acceptors (Lipinski definition) is 7. The van der Waals surface area contributed by atoms with Crippen LogP contribution in [0.25, 0.3) is 10.4 Å². The quantitative estimate of drug-likeness (QED) is 0.349. The summed E-state index contributed by atoms with van der Waals surface area (Å²) >= 11 is 0. The molecule has 0 aromatic carbocycles. The number of ether oxygens (including phenoxy) is 2. The predicted molar refractivity (Wildman–Crippen MR) is 93.3 cm³/mol. The summed E-state index contributed by atoms with van der Waals surface area (Å²) in [6.45, 7) is -0.123. The van der Waals surface area contributed by atoms with Gasteiger partial charge < -0.3 is 14.4 Å². The molecule has 2 aliphatic rings. The van der Waals surface area contributed by atoms with E-state index >= 15 is 0 Å². The summed E-state index contributed by atoms with van der Waals surface area (Å²) < 4.78 is 12.3. The number of H-pyrrole nitrogens is 1. The molecule has 0 bridgehead atoms. The van der Waals surface area contributed by atoms with Crippen molar-refractivity contribution in [1.29, 1.82) is 0 Å². The topological polar surface area (TPSA) is 142 Å². The Bertz CT molecular complexity index is 941. The maximum atomic E-state index is 12.2. The number of allylic oxidation sites excluding steroid dienone is 1. The summed E-state index contributed by atoms with van der Waals surface area (Å²) in [6, 6.07) is 0.579. The number of carbonyl (C=O) groups excluding carboxylic acids is 1. The van der Waals surface area contributed by atoms with Gasteiger partial charge in [-0.1, -0.05) is 11.2 Å². The molecular formula is C16H18N6O5. The van der Waals surface area contributed by atoms with Gasteiger partial charge in [0.15, 0.2) is 0 Å². The highest BCUT2D eigenvalue weighted by molar-refractivity contribution is 5.88. The number of azide groups is 1. The SMILES string of the molecule is CN1C=CCC(C(=O)OC[C@H]2O[C@@H](n3ccc(=O)[nH]c3=O)C[C@@H]2N=[N+]=[N-])=C1. The fourth-order valence-electron chi connectivity index (χ4n) is 2.95. The number of carbonyl (C=O) groups is 1. The van der Waals surface area contributed by atoms with Crippen LogP contribution in [0.3, 0.4) is 0 Å². The first-order valence-electron chi connectivity index (χ1n) is 8.25. The largest absolute Gasteiger partial charge is 0.460 e. The lowest BCUT2D eigenvalue weighted by Crippen LogP contribution is -2.32. The fourth-order valence-corrected chi connectivity index (χ4v) is 2.95. The van der Waals surface area contributed by atoms with Crippen molar-refractivity contribution in [2.45, 2.75) is 31.2 Å². The molecule has 3 rings (SSSR count). The van der Waals surface area contributed by atoms with Crippen LogP contribution in [0.5, 0.6) is 0 Å². The Morgan fingerprint density at radius 1 is 1.52 bits per heavy atom. The third-order valence-corrected chi connectivity index (χ3v) is 4.24. The van der Waals surface area contributed by atoms with E-state index in [4.69, 9.17) is 15.0 Å². The van der Waals surface area contributed by atoms with Crippen molar-refractivity contribution in [3.8, 4) is 0 Å². The molecule has 1 fully saturated rings. The Morgan fingerprint density at radius 2 is 2.33 bits per heavy atom. The molecule has 3 atom stereocenters. The van der Waals surface area contributed by atoms with Gasteiger partial charge in [-0.15, -0.1) is 0 Å². The molecule has 0 radical (unpaired) electrons. The molecule has 3 heterocycles.